The first-order valence-electron chi connectivity index (χ1n) is 8.90. The van der Waals surface area contributed by atoms with Gasteiger partial charge in [0.05, 0.1) is 24.2 Å². The Labute approximate surface area is 161 Å². The Morgan fingerprint density at radius 1 is 1.25 bits per heavy atom. The quantitative estimate of drug-likeness (QED) is 0.518. The lowest BCUT2D eigenvalue weighted by molar-refractivity contribution is 0.186. The van der Waals surface area contributed by atoms with Crippen molar-refractivity contribution in [3.8, 4) is 11.4 Å². The van der Waals surface area contributed by atoms with Gasteiger partial charge in [0.2, 0.25) is 0 Å². The number of ether oxygens (including phenoxy) is 1. The molecule has 0 fully saturated rings. The van der Waals surface area contributed by atoms with Crippen LogP contribution in [0.25, 0.3) is 22.4 Å². The molecule has 0 radical (unpaired) electrons. The van der Waals surface area contributed by atoms with Crippen molar-refractivity contribution in [1.82, 2.24) is 39.5 Å². The number of pyridine rings is 1. The topological polar surface area (TPSA) is 108 Å². The van der Waals surface area contributed by atoms with E-state index in [2.05, 4.69) is 30.6 Å². The zero-order valence-electron chi connectivity index (χ0n) is 15.9. The lowest BCUT2D eigenvalue weighted by Gasteiger charge is -2.16. The largest absolute Gasteiger partial charge is 0.383 e. The average Bonchev–Trinajstić information content (AvgIpc) is 3.34. The highest BCUT2D eigenvalue weighted by atomic mass is 16.5. The van der Waals surface area contributed by atoms with Gasteiger partial charge in [0.1, 0.15) is 12.1 Å². The van der Waals surface area contributed by atoms with Crippen molar-refractivity contribution in [2.45, 2.75) is 19.5 Å². The molecule has 144 valence electrons. The Morgan fingerprint density at radius 3 is 2.93 bits per heavy atom. The summed E-state index contributed by atoms with van der Waals surface area (Å²) >= 11 is 0. The van der Waals surface area contributed by atoms with Gasteiger partial charge in [-0.3, -0.25) is 9.67 Å². The van der Waals surface area contributed by atoms with Gasteiger partial charge in [0.15, 0.2) is 17.3 Å². The van der Waals surface area contributed by atoms with Crippen LogP contribution in [0.5, 0.6) is 0 Å². The summed E-state index contributed by atoms with van der Waals surface area (Å²) < 4.78 is 8.85. The van der Waals surface area contributed by atoms with Gasteiger partial charge in [-0.05, 0) is 19.1 Å². The number of aromatic nitrogens is 8. The summed E-state index contributed by atoms with van der Waals surface area (Å²) in [6, 6.07) is 3.67. The molecular formula is C18H21N9O. The maximum absolute atomic E-state index is 5.16. The first-order chi connectivity index (χ1) is 13.7. The van der Waals surface area contributed by atoms with E-state index in [4.69, 9.17) is 9.72 Å². The number of nitrogens with zero attached hydrogens (tertiary/aromatic N) is 8. The van der Waals surface area contributed by atoms with Gasteiger partial charge in [0, 0.05) is 38.7 Å². The maximum atomic E-state index is 5.16. The van der Waals surface area contributed by atoms with E-state index < -0.39 is 0 Å². The number of hydrogen-bond donors (Lipinski definition) is 1. The van der Waals surface area contributed by atoms with Crippen molar-refractivity contribution in [3.05, 3.63) is 42.9 Å². The van der Waals surface area contributed by atoms with Crippen LogP contribution in [-0.4, -0.2) is 53.2 Å². The van der Waals surface area contributed by atoms with E-state index in [0.29, 0.717) is 24.8 Å². The Kier molecular flexibility index (Phi) is 4.94. The Bertz CT molecular complexity index is 1070. The summed E-state index contributed by atoms with van der Waals surface area (Å²) in [6.45, 7) is 3.28. The highest BCUT2D eigenvalue weighted by Gasteiger charge is 2.18. The second-order valence-corrected chi connectivity index (χ2v) is 6.38. The standard InChI is InChI=1S/C18H21N9O/c1-12(17-25-20-11-27(17)7-8-28-3)22-16-14-10-21-26(2)18(14)24-15(23-16)13-5-4-6-19-9-13/h4-6,9-12H,7-8H2,1-3H3,(H,22,23,24)/t12-/m1/s1. The summed E-state index contributed by atoms with van der Waals surface area (Å²) in [5, 5.41) is 16.9. The van der Waals surface area contributed by atoms with E-state index in [1.807, 2.05) is 30.7 Å². The van der Waals surface area contributed by atoms with Gasteiger partial charge in [-0.25, -0.2) is 9.97 Å². The van der Waals surface area contributed by atoms with E-state index in [-0.39, 0.29) is 6.04 Å². The van der Waals surface area contributed by atoms with E-state index in [1.54, 1.807) is 36.7 Å². The number of fused-ring (bicyclic) bond motifs is 1. The SMILES string of the molecule is COCCn1cnnc1[C@@H](C)Nc1nc(-c2cccnc2)nc2c1cnn2C. The summed E-state index contributed by atoms with van der Waals surface area (Å²) in [5.74, 6) is 2.07. The molecule has 28 heavy (non-hydrogen) atoms. The summed E-state index contributed by atoms with van der Waals surface area (Å²) in [6.07, 6.45) is 6.92. The molecule has 0 saturated carbocycles. The zero-order chi connectivity index (χ0) is 19.5. The fourth-order valence-corrected chi connectivity index (χ4v) is 2.99. The van der Waals surface area contributed by atoms with Crippen molar-refractivity contribution in [3.63, 3.8) is 0 Å². The summed E-state index contributed by atoms with van der Waals surface area (Å²) in [7, 11) is 3.53. The van der Waals surface area contributed by atoms with E-state index in [9.17, 15) is 0 Å². The number of nitrogens with one attached hydrogen (secondary N) is 1. The van der Waals surface area contributed by atoms with Gasteiger partial charge in [-0.15, -0.1) is 10.2 Å². The van der Waals surface area contributed by atoms with E-state index in [0.717, 1.165) is 22.4 Å². The molecule has 0 aromatic carbocycles. The second kappa shape index (κ2) is 7.69. The Hall–Kier alpha value is -3.40. The first-order valence-corrected chi connectivity index (χ1v) is 8.90. The van der Waals surface area contributed by atoms with Gasteiger partial charge in [-0.1, -0.05) is 0 Å². The lowest BCUT2D eigenvalue weighted by atomic mass is 10.2. The minimum atomic E-state index is -0.126. The van der Waals surface area contributed by atoms with Crippen molar-refractivity contribution < 1.29 is 4.74 Å². The van der Waals surface area contributed by atoms with Crippen LogP contribution < -0.4 is 5.32 Å². The molecule has 1 atom stereocenters. The van der Waals surface area contributed by atoms with Crippen LogP contribution >= 0.6 is 0 Å². The third-order valence-electron chi connectivity index (χ3n) is 4.43. The molecule has 10 nitrogen and oxygen atoms in total. The zero-order valence-corrected chi connectivity index (χ0v) is 15.9. The molecule has 4 rings (SSSR count). The molecule has 0 spiro atoms. The highest BCUT2D eigenvalue weighted by Crippen LogP contribution is 2.27. The highest BCUT2D eigenvalue weighted by molar-refractivity contribution is 5.88. The van der Waals surface area contributed by atoms with Gasteiger partial charge in [-0.2, -0.15) is 5.10 Å². The molecule has 0 aliphatic rings. The predicted molar refractivity (Wildman–Crippen MR) is 103 cm³/mol. The van der Waals surface area contributed by atoms with Crippen molar-refractivity contribution in [2.24, 2.45) is 7.05 Å². The van der Waals surface area contributed by atoms with E-state index in [1.165, 1.54) is 0 Å². The fourth-order valence-electron chi connectivity index (χ4n) is 2.99. The maximum Gasteiger partial charge on any atom is 0.165 e. The van der Waals surface area contributed by atoms with Crippen molar-refractivity contribution in [2.75, 3.05) is 19.0 Å². The number of methoxy groups -OCH3 is 1. The predicted octanol–water partition coefficient (Wildman–Crippen LogP) is 1.84. The minimum Gasteiger partial charge on any atom is -0.383 e. The van der Waals surface area contributed by atoms with Crippen LogP contribution in [0, 0.1) is 0 Å². The number of aryl methyl sites for hydroxylation is 1. The third-order valence-corrected chi connectivity index (χ3v) is 4.43. The molecule has 1 N–H and O–H groups in total. The summed E-state index contributed by atoms with van der Waals surface area (Å²) in [5.41, 5.74) is 1.58. The molecule has 10 heteroatoms. The number of anilines is 1. The molecule has 4 aromatic heterocycles. The lowest BCUT2D eigenvalue weighted by Crippen LogP contribution is -2.16. The van der Waals surface area contributed by atoms with Crippen LogP contribution in [0.2, 0.25) is 0 Å². The van der Waals surface area contributed by atoms with Gasteiger partial charge in [0.25, 0.3) is 0 Å². The molecule has 0 unspecified atom stereocenters. The number of rotatable bonds is 7. The smallest absolute Gasteiger partial charge is 0.165 e. The second-order valence-electron chi connectivity index (χ2n) is 6.38. The van der Waals surface area contributed by atoms with Crippen molar-refractivity contribution >= 4 is 16.9 Å². The van der Waals surface area contributed by atoms with E-state index >= 15 is 0 Å². The fraction of sp³-hybridized carbons (Fsp3) is 0.333. The minimum absolute atomic E-state index is 0.126. The molecule has 4 aromatic rings. The molecule has 0 aliphatic carbocycles. The first kappa shape index (κ1) is 18.0. The molecule has 0 amide bonds. The molecule has 0 bridgehead atoms. The van der Waals surface area contributed by atoms with Crippen LogP contribution in [-0.2, 0) is 18.3 Å². The normalized spacial score (nSPS) is 12.4. The van der Waals surface area contributed by atoms with Crippen LogP contribution in [0.3, 0.4) is 0 Å². The third kappa shape index (κ3) is 3.41. The summed E-state index contributed by atoms with van der Waals surface area (Å²) in [4.78, 5) is 13.5. The van der Waals surface area contributed by atoms with Crippen molar-refractivity contribution in [1.29, 1.82) is 0 Å². The van der Waals surface area contributed by atoms with Crippen LogP contribution in [0.1, 0.15) is 18.8 Å². The van der Waals surface area contributed by atoms with Gasteiger partial charge < -0.3 is 14.6 Å². The van der Waals surface area contributed by atoms with Crippen LogP contribution in [0.4, 0.5) is 5.82 Å². The Morgan fingerprint density at radius 2 is 2.14 bits per heavy atom. The molecular weight excluding hydrogens is 358 g/mol. The average molecular weight is 379 g/mol. The molecule has 4 heterocycles. The molecule has 0 saturated heterocycles. The van der Waals surface area contributed by atoms with Gasteiger partial charge >= 0.3 is 0 Å². The number of hydrogen-bond acceptors (Lipinski definition) is 8. The van der Waals surface area contributed by atoms with Crippen LogP contribution in [0.15, 0.2) is 37.1 Å². The Balaban J connectivity index is 1.71. The molecule has 0 aliphatic heterocycles. The monoisotopic (exact) mass is 379 g/mol.